The molecule has 0 saturated heterocycles. The third-order valence-electron chi connectivity index (χ3n) is 17.6. The predicted molar refractivity (Wildman–Crippen MR) is 445 cm³/mol. The number of allylic oxidation sites excluding steroid dienone is 22. The second-order valence-electron chi connectivity index (χ2n) is 28.0. The van der Waals surface area contributed by atoms with E-state index in [2.05, 4.69) is 161 Å². The summed E-state index contributed by atoms with van der Waals surface area (Å²) in [5.41, 5.74) is 0. The smallest absolute Gasteiger partial charge is 0.462 e. The van der Waals surface area contributed by atoms with Gasteiger partial charge in [-0.25, -0.2) is 9.13 Å². The lowest BCUT2D eigenvalue weighted by molar-refractivity contribution is -0.161. The Kier molecular flexibility index (Phi) is 76.7. The van der Waals surface area contributed by atoms with E-state index >= 15 is 0 Å². The second-order valence-corrected chi connectivity index (χ2v) is 30.9. The Balaban J connectivity index is 5.40. The van der Waals surface area contributed by atoms with Crippen molar-refractivity contribution in [2.24, 2.45) is 0 Å². The zero-order valence-electron chi connectivity index (χ0n) is 68.0. The normalized spacial score (nSPS) is 14.5. The van der Waals surface area contributed by atoms with Gasteiger partial charge in [0, 0.05) is 25.7 Å². The third-order valence-corrected chi connectivity index (χ3v) is 19.5. The number of esters is 4. The molecule has 0 amide bonds. The molecule has 0 rings (SSSR count). The number of carbonyl (C=O) groups is 4. The summed E-state index contributed by atoms with van der Waals surface area (Å²) in [5, 5.41) is 10.7. The van der Waals surface area contributed by atoms with Crippen LogP contribution >= 0.6 is 15.6 Å². The van der Waals surface area contributed by atoms with E-state index in [0.29, 0.717) is 32.1 Å². The lowest BCUT2D eigenvalue weighted by atomic mass is 10.0. The Morgan fingerprint density at radius 1 is 0.269 bits per heavy atom. The lowest BCUT2D eigenvalue weighted by Gasteiger charge is -2.21. The van der Waals surface area contributed by atoms with Crippen LogP contribution in [0.25, 0.3) is 0 Å². The van der Waals surface area contributed by atoms with Crippen LogP contribution in [0.4, 0.5) is 0 Å². The molecule has 0 fully saturated rings. The summed E-state index contributed by atoms with van der Waals surface area (Å²) in [6.07, 6.45) is 91.3. The summed E-state index contributed by atoms with van der Waals surface area (Å²) in [5.74, 6) is -2.24. The first-order chi connectivity index (χ1) is 52.7. The molecule has 0 radical (unpaired) electrons. The van der Waals surface area contributed by atoms with Crippen molar-refractivity contribution in [3.05, 3.63) is 134 Å². The van der Waals surface area contributed by atoms with Gasteiger partial charge in [0.2, 0.25) is 0 Å². The Morgan fingerprint density at radius 2 is 0.481 bits per heavy atom. The first-order valence-electron chi connectivity index (χ1n) is 42.4. The molecule has 0 heterocycles. The molecule has 0 aliphatic rings. The molecule has 0 bridgehead atoms. The summed E-state index contributed by atoms with van der Waals surface area (Å²) in [7, 11) is -9.99. The monoisotopic (exact) mass is 1560 g/mol. The zero-order chi connectivity index (χ0) is 78.9. The second kappa shape index (κ2) is 80.3. The van der Waals surface area contributed by atoms with Crippen LogP contribution in [0.5, 0.6) is 0 Å². The van der Waals surface area contributed by atoms with Crippen LogP contribution in [0.1, 0.15) is 349 Å². The van der Waals surface area contributed by atoms with Gasteiger partial charge in [-0.2, -0.15) is 0 Å². The van der Waals surface area contributed by atoms with Gasteiger partial charge in [0.1, 0.15) is 19.3 Å². The van der Waals surface area contributed by atoms with E-state index in [9.17, 15) is 43.2 Å². The van der Waals surface area contributed by atoms with E-state index in [4.69, 9.17) is 37.0 Å². The van der Waals surface area contributed by atoms with Crippen LogP contribution in [-0.4, -0.2) is 96.7 Å². The number of carbonyl (C=O) groups excluding carboxylic acids is 4. The molecule has 0 aliphatic heterocycles. The minimum atomic E-state index is -5.00. The summed E-state index contributed by atoms with van der Waals surface area (Å²) in [4.78, 5) is 73.2. The first kappa shape index (κ1) is 103. The molecule has 0 aliphatic carbocycles. The van der Waals surface area contributed by atoms with E-state index in [1.165, 1.54) is 83.5 Å². The topological polar surface area (TPSA) is 237 Å². The van der Waals surface area contributed by atoms with E-state index in [1.807, 2.05) is 0 Å². The fraction of sp³-hybridized carbons (Fsp3) is 0.708. The number of unbranched alkanes of at least 4 members (excludes halogenated alkanes) is 31. The van der Waals surface area contributed by atoms with E-state index < -0.39 is 97.5 Å². The highest BCUT2D eigenvalue weighted by atomic mass is 31.2. The molecule has 0 aromatic heterocycles. The van der Waals surface area contributed by atoms with Gasteiger partial charge in [-0.1, -0.05) is 315 Å². The number of rotatable bonds is 79. The fourth-order valence-electron chi connectivity index (χ4n) is 11.2. The number of aliphatic hydroxyl groups is 1. The highest BCUT2D eigenvalue weighted by Crippen LogP contribution is 2.45. The summed E-state index contributed by atoms with van der Waals surface area (Å²) >= 11 is 0. The van der Waals surface area contributed by atoms with E-state index in [1.54, 1.807) is 0 Å². The maximum atomic E-state index is 13.1. The number of ether oxygens (including phenoxy) is 4. The minimum Gasteiger partial charge on any atom is -0.462 e. The average molecular weight is 1560 g/mol. The van der Waals surface area contributed by atoms with Crippen molar-refractivity contribution in [1.29, 1.82) is 0 Å². The lowest BCUT2D eigenvalue weighted by Crippen LogP contribution is -2.30. The Bertz CT molecular complexity index is 2560. The third kappa shape index (κ3) is 79.3. The summed E-state index contributed by atoms with van der Waals surface area (Å²) in [6, 6.07) is 0. The quantitative estimate of drug-likeness (QED) is 0.0169. The van der Waals surface area contributed by atoms with E-state index in [-0.39, 0.29) is 25.7 Å². The van der Waals surface area contributed by atoms with Crippen molar-refractivity contribution in [3.8, 4) is 0 Å². The van der Waals surface area contributed by atoms with Crippen molar-refractivity contribution in [1.82, 2.24) is 0 Å². The average Bonchev–Trinajstić information content (AvgIpc) is 0.923. The standard InChI is InChI=1S/C89H152O17P2/c1-5-9-13-17-21-25-29-33-37-39-41-43-47-49-53-57-61-65-69-73-86(91)99-79-84(105-88(93)75-71-67-63-59-55-51-45-35-31-27-23-19-15-11-7-3)81-103-107(95,96)101-77-83(90)78-102-108(97,98)104-82-85(106-89(94)76-72-68-64-60-56-52-46-36-32-28-24-20-16-12-8-4)80-100-87(92)74-70-66-62-58-54-50-48-44-42-40-38-34-30-26-22-18-14-10-6-2/h9,12-13,16,21-22,24-26,28,33-34,36-38,41-44,46,56,60,83-85,90H,5-8,10-11,14-15,17-20,23,27,29-32,35,39-40,45,47-55,57-59,61-82H2,1-4H3,(H,95,96)(H,97,98)/b13-9-,16-12-,25-21-,26-22-,28-24-,37-33-,38-34-,43-41-,44-42-,46-36-,60-56-. The maximum absolute atomic E-state index is 13.1. The fourth-order valence-corrected chi connectivity index (χ4v) is 12.8. The van der Waals surface area contributed by atoms with Crippen LogP contribution in [0, 0.1) is 0 Å². The molecule has 5 atom stereocenters. The van der Waals surface area contributed by atoms with Crippen LogP contribution < -0.4 is 0 Å². The highest BCUT2D eigenvalue weighted by molar-refractivity contribution is 7.47. The molecule has 0 aromatic carbocycles. The molecule has 19 heteroatoms. The van der Waals surface area contributed by atoms with Gasteiger partial charge < -0.3 is 33.8 Å². The van der Waals surface area contributed by atoms with Crippen LogP contribution in [0.2, 0.25) is 0 Å². The van der Waals surface area contributed by atoms with Crippen molar-refractivity contribution in [3.63, 3.8) is 0 Å². The largest absolute Gasteiger partial charge is 0.472 e. The van der Waals surface area contributed by atoms with Gasteiger partial charge in [0.15, 0.2) is 12.2 Å². The molecule has 620 valence electrons. The molecule has 0 aromatic rings. The molecule has 0 spiro atoms. The number of phosphoric ester groups is 2. The summed E-state index contributed by atoms with van der Waals surface area (Å²) < 4.78 is 68.7. The van der Waals surface area contributed by atoms with Gasteiger partial charge in [-0.05, 0) is 141 Å². The van der Waals surface area contributed by atoms with Gasteiger partial charge in [-0.15, -0.1) is 0 Å². The molecule has 5 unspecified atom stereocenters. The molecule has 108 heavy (non-hydrogen) atoms. The molecular formula is C89H152O17P2. The number of aliphatic hydroxyl groups excluding tert-OH is 1. The van der Waals surface area contributed by atoms with E-state index in [0.717, 1.165) is 180 Å². The number of hydrogen-bond donors (Lipinski definition) is 3. The Hall–Kier alpha value is -4.80. The van der Waals surface area contributed by atoms with Crippen molar-refractivity contribution in [2.45, 2.75) is 367 Å². The van der Waals surface area contributed by atoms with Gasteiger partial charge >= 0.3 is 39.5 Å². The van der Waals surface area contributed by atoms with Crippen molar-refractivity contribution < 1.29 is 80.2 Å². The van der Waals surface area contributed by atoms with Crippen LogP contribution in [0.3, 0.4) is 0 Å². The highest BCUT2D eigenvalue weighted by Gasteiger charge is 2.30. The minimum absolute atomic E-state index is 0.0373. The number of hydrogen-bond acceptors (Lipinski definition) is 15. The van der Waals surface area contributed by atoms with Gasteiger partial charge in [0.25, 0.3) is 0 Å². The van der Waals surface area contributed by atoms with Gasteiger partial charge in [0.05, 0.1) is 26.4 Å². The van der Waals surface area contributed by atoms with Crippen LogP contribution in [0.15, 0.2) is 134 Å². The molecule has 17 nitrogen and oxygen atoms in total. The van der Waals surface area contributed by atoms with Crippen molar-refractivity contribution in [2.75, 3.05) is 39.6 Å². The first-order valence-corrected chi connectivity index (χ1v) is 45.4. The number of phosphoric acid groups is 2. The SMILES string of the molecule is CC/C=C\C/C=C\C/C=C\C/C=C\CCCCCCCCC(=O)OCC(COP(=O)(O)OCC(O)COP(=O)(O)OCC(COC(=O)CCCCCCCC/C=C\C/C=C\C/C=C\CCCCC)OC(=O)CCCC/C=C\C/C=C\C/C=C\C/C=C\CC)OC(=O)CCCCCCCCCCCCCCCCC. The van der Waals surface area contributed by atoms with Gasteiger partial charge in [-0.3, -0.25) is 37.3 Å². The Labute approximate surface area is 656 Å². The molecule has 3 N–H and O–H groups in total. The molecular weight excluding hydrogens is 1400 g/mol. The van der Waals surface area contributed by atoms with Crippen LogP contribution in [-0.2, 0) is 65.4 Å². The van der Waals surface area contributed by atoms with Crippen molar-refractivity contribution >= 4 is 39.5 Å². The zero-order valence-corrected chi connectivity index (χ0v) is 69.8. The summed E-state index contributed by atoms with van der Waals surface area (Å²) in [6.45, 7) is 4.59. The Morgan fingerprint density at radius 3 is 0.778 bits per heavy atom. The maximum Gasteiger partial charge on any atom is 0.472 e. The predicted octanol–water partition coefficient (Wildman–Crippen LogP) is 25.2. The molecule has 0 saturated carbocycles.